The van der Waals surface area contributed by atoms with Gasteiger partial charge in [0.1, 0.15) is 11.9 Å². The molecule has 1 saturated heterocycles. The van der Waals surface area contributed by atoms with Crippen molar-refractivity contribution in [2.24, 2.45) is 0 Å². The zero-order valence-corrected chi connectivity index (χ0v) is 14.8. The lowest BCUT2D eigenvalue weighted by Crippen LogP contribution is -2.37. The number of nitrogens with one attached hydrogen (secondary N) is 1. The lowest BCUT2D eigenvalue weighted by Gasteiger charge is -2.21. The number of anilines is 1. The van der Waals surface area contributed by atoms with E-state index in [0.29, 0.717) is 24.8 Å². The van der Waals surface area contributed by atoms with Gasteiger partial charge in [0.2, 0.25) is 0 Å². The van der Waals surface area contributed by atoms with Crippen molar-refractivity contribution >= 4 is 16.9 Å². The van der Waals surface area contributed by atoms with Crippen molar-refractivity contribution in [1.29, 1.82) is 0 Å². The lowest BCUT2D eigenvalue weighted by molar-refractivity contribution is 0.182. The van der Waals surface area contributed by atoms with E-state index in [1.807, 2.05) is 24.3 Å². The van der Waals surface area contributed by atoms with Gasteiger partial charge in [0.05, 0.1) is 36.5 Å². The summed E-state index contributed by atoms with van der Waals surface area (Å²) in [7, 11) is 0. The molecule has 0 saturated carbocycles. The van der Waals surface area contributed by atoms with Gasteiger partial charge < -0.3 is 10.1 Å². The van der Waals surface area contributed by atoms with E-state index in [4.69, 9.17) is 4.74 Å². The van der Waals surface area contributed by atoms with Gasteiger partial charge in [0.25, 0.3) is 5.56 Å². The monoisotopic (exact) mass is 375 g/mol. The van der Waals surface area contributed by atoms with Crippen LogP contribution in [0.3, 0.4) is 0 Å². The summed E-state index contributed by atoms with van der Waals surface area (Å²) in [6, 6.07) is 12.2. The third-order valence-corrected chi connectivity index (χ3v) is 4.70. The normalized spacial score (nSPS) is 19.1. The highest BCUT2D eigenvalue weighted by Gasteiger charge is 2.32. The van der Waals surface area contributed by atoms with Crippen LogP contribution in [-0.2, 0) is 4.74 Å². The molecule has 2 atom stereocenters. The summed E-state index contributed by atoms with van der Waals surface area (Å²) in [5.41, 5.74) is 1.44. The second-order valence-electron chi connectivity index (χ2n) is 6.52. The second kappa shape index (κ2) is 6.86. The number of nitrogens with zero attached hydrogens (tertiary/aromatic N) is 6. The summed E-state index contributed by atoms with van der Waals surface area (Å²) in [5.74, 6) is 1.20. The Hall–Kier alpha value is -3.59. The van der Waals surface area contributed by atoms with Gasteiger partial charge in [-0.05, 0) is 24.3 Å². The summed E-state index contributed by atoms with van der Waals surface area (Å²) in [6.07, 6.45) is 5.13. The highest BCUT2D eigenvalue weighted by molar-refractivity contribution is 5.75. The third kappa shape index (κ3) is 3.01. The molecule has 0 radical (unpaired) electrons. The minimum atomic E-state index is -0.267. The molecule has 1 N–H and O–H groups in total. The Balaban J connectivity index is 1.45. The zero-order chi connectivity index (χ0) is 18.9. The van der Waals surface area contributed by atoms with Gasteiger partial charge >= 0.3 is 0 Å². The molecule has 1 aliphatic rings. The van der Waals surface area contributed by atoms with E-state index in [2.05, 4.69) is 25.5 Å². The summed E-state index contributed by atoms with van der Waals surface area (Å²) in [4.78, 5) is 21.5. The van der Waals surface area contributed by atoms with Crippen molar-refractivity contribution in [3.05, 3.63) is 71.4 Å². The molecule has 1 aliphatic heterocycles. The number of rotatable bonds is 4. The number of aromatic nitrogens is 6. The van der Waals surface area contributed by atoms with Gasteiger partial charge in [-0.1, -0.05) is 12.1 Å². The number of ether oxygens (including phenoxy) is 1. The SMILES string of the molecule is O=c1ccc(-n2cccn2)nn1C1COCC1Nc1cnc2ccccc2n1. The van der Waals surface area contributed by atoms with Gasteiger partial charge in [-0.15, -0.1) is 5.10 Å². The Morgan fingerprint density at radius 2 is 1.96 bits per heavy atom. The van der Waals surface area contributed by atoms with Crippen LogP contribution in [-0.4, -0.2) is 48.8 Å². The Morgan fingerprint density at radius 3 is 2.82 bits per heavy atom. The van der Waals surface area contributed by atoms with E-state index in [9.17, 15) is 4.79 Å². The molecular formula is C19H17N7O2. The molecule has 5 rings (SSSR count). The Morgan fingerprint density at radius 1 is 1.07 bits per heavy atom. The molecule has 9 heteroatoms. The van der Waals surface area contributed by atoms with E-state index in [1.165, 1.54) is 10.7 Å². The largest absolute Gasteiger partial charge is 0.377 e. The number of hydrogen-bond acceptors (Lipinski definition) is 7. The third-order valence-electron chi connectivity index (χ3n) is 4.70. The lowest BCUT2D eigenvalue weighted by atomic mass is 10.1. The van der Waals surface area contributed by atoms with Gasteiger partial charge in [-0.3, -0.25) is 9.78 Å². The van der Waals surface area contributed by atoms with Crippen LogP contribution >= 0.6 is 0 Å². The second-order valence-corrected chi connectivity index (χ2v) is 6.52. The van der Waals surface area contributed by atoms with E-state index >= 15 is 0 Å². The van der Waals surface area contributed by atoms with Crippen LogP contribution in [0.2, 0.25) is 0 Å². The molecule has 1 aromatic carbocycles. The van der Waals surface area contributed by atoms with Crippen LogP contribution in [0.1, 0.15) is 6.04 Å². The molecule has 2 unspecified atom stereocenters. The zero-order valence-electron chi connectivity index (χ0n) is 14.8. The number of benzene rings is 1. The molecule has 0 aliphatic carbocycles. The summed E-state index contributed by atoms with van der Waals surface area (Å²) >= 11 is 0. The van der Waals surface area contributed by atoms with Crippen molar-refractivity contribution in [1.82, 2.24) is 29.5 Å². The summed E-state index contributed by atoms with van der Waals surface area (Å²) < 4.78 is 8.71. The minimum absolute atomic E-state index is 0.159. The number of hydrogen-bond donors (Lipinski definition) is 1. The molecule has 4 aromatic rings. The summed E-state index contributed by atoms with van der Waals surface area (Å²) in [6.45, 7) is 0.827. The van der Waals surface area contributed by atoms with Crippen LogP contribution in [0.25, 0.3) is 16.9 Å². The standard InChI is InChI=1S/C19H17N7O2/c27-19-7-6-18(25-9-3-8-21-25)24-26(19)16-12-28-11-15(16)23-17-10-20-13-4-1-2-5-14(13)22-17/h1-10,15-16H,11-12H2,(H,22,23). The highest BCUT2D eigenvalue weighted by atomic mass is 16.5. The molecule has 0 spiro atoms. The maximum atomic E-state index is 12.5. The molecule has 4 heterocycles. The molecule has 0 bridgehead atoms. The molecule has 0 amide bonds. The Labute approximate surface area is 159 Å². The van der Waals surface area contributed by atoms with Crippen molar-refractivity contribution in [2.45, 2.75) is 12.1 Å². The average Bonchev–Trinajstić information content (AvgIpc) is 3.41. The first-order chi connectivity index (χ1) is 13.8. The molecular weight excluding hydrogens is 358 g/mol. The van der Waals surface area contributed by atoms with Crippen LogP contribution in [0, 0.1) is 0 Å². The molecule has 3 aromatic heterocycles. The number of fused-ring (bicyclic) bond motifs is 1. The maximum absolute atomic E-state index is 12.5. The quantitative estimate of drug-likeness (QED) is 0.576. The highest BCUT2D eigenvalue weighted by Crippen LogP contribution is 2.22. The van der Waals surface area contributed by atoms with Gasteiger partial charge in [-0.25, -0.2) is 14.3 Å². The van der Waals surface area contributed by atoms with Crippen molar-refractivity contribution in [3.63, 3.8) is 0 Å². The van der Waals surface area contributed by atoms with E-state index < -0.39 is 0 Å². The minimum Gasteiger partial charge on any atom is -0.377 e. The van der Waals surface area contributed by atoms with Crippen molar-refractivity contribution in [2.75, 3.05) is 18.5 Å². The van der Waals surface area contributed by atoms with E-state index in [-0.39, 0.29) is 17.6 Å². The number of para-hydroxylation sites is 2. The first kappa shape index (κ1) is 16.6. The predicted molar refractivity (Wildman–Crippen MR) is 102 cm³/mol. The first-order valence-electron chi connectivity index (χ1n) is 8.94. The Kier molecular flexibility index (Phi) is 4.06. The maximum Gasteiger partial charge on any atom is 0.267 e. The molecule has 140 valence electrons. The Bertz CT molecular complexity index is 1170. The first-order valence-corrected chi connectivity index (χ1v) is 8.94. The molecule has 28 heavy (non-hydrogen) atoms. The van der Waals surface area contributed by atoms with Crippen LogP contribution in [0.15, 0.2) is 65.8 Å². The topological polar surface area (TPSA) is 99.8 Å². The predicted octanol–water partition coefficient (Wildman–Crippen LogP) is 1.42. The summed E-state index contributed by atoms with van der Waals surface area (Å²) in [5, 5.41) is 12.0. The molecule has 1 fully saturated rings. The van der Waals surface area contributed by atoms with Crippen LogP contribution < -0.4 is 10.9 Å². The fraction of sp³-hybridized carbons (Fsp3) is 0.211. The van der Waals surface area contributed by atoms with Crippen LogP contribution in [0.4, 0.5) is 5.82 Å². The van der Waals surface area contributed by atoms with Crippen molar-refractivity contribution < 1.29 is 4.74 Å². The fourth-order valence-corrected chi connectivity index (χ4v) is 3.32. The van der Waals surface area contributed by atoms with Gasteiger partial charge in [-0.2, -0.15) is 5.10 Å². The van der Waals surface area contributed by atoms with Gasteiger partial charge in [0.15, 0.2) is 5.82 Å². The van der Waals surface area contributed by atoms with Gasteiger partial charge in [0, 0.05) is 18.5 Å². The van der Waals surface area contributed by atoms with E-state index in [0.717, 1.165) is 11.0 Å². The fourth-order valence-electron chi connectivity index (χ4n) is 3.32. The van der Waals surface area contributed by atoms with Crippen molar-refractivity contribution in [3.8, 4) is 5.82 Å². The average molecular weight is 375 g/mol. The van der Waals surface area contributed by atoms with Crippen LogP contribution in [0.5, 0.6) is 0 Å². The smallest absolute Gasteiger partial charge is 0.267 e. The molecule has 9 nitrogen and oxygen atoms in total. The van der Waals surface area contributed by atoms with E-state index in [1.54, 1.807) is 35.4 Å².